The van der Waals surface area contributed by atoms with E-state index in [9.17, 15) is 0 Å². The van der Waals surface area contributed by atoms with Gasteiger partial charge in [-0.3, -0.25) is 4.68 Å². The molecule has 1 unspecified atom stereocenters. The third kappa shape index (κ3) is 4.36. The number of hydrogen-bond acceptors (Lipinski definition) is 6. The molecule has 1 atom stereocenters. The van der Waals surface area contributed by atoms with E-state index in [2.05, 4.69) is 5.10 Å². The van der Waals surface area contributed by atoms with Crippen molar-refractivity contribution in [2.45, 2.75) is 25.7 Å². The molecule has 1 fully saturated rings. The van der Waals surface area contributed by atoms with Crippen molar-refractivity contribution in [2.24, 2.45) is 0 Å². The number of rotatable bonds is 8. The Morgan fingerprint density at radius 2 is 1.77 bits per heavy atom. The van der Waals surface area contributed by atoms with Crippen LogP contribution < -0.4 is 18.9 Å². The molecule has 1 aromatic heterocycles. The third-order valence-corrected chi connectivity index (χ3v) is 5.07. The van der Waals surface area contributed by atoms with Gasteiger partial charge in [0.15, 0.2) is 17.8 Å². The first-order valence-corrected chi connectivity index (χ1v) is 9.90. The summed E-state index contributed by atoms with van der Waals surface area (Å²) in [7, 11) is 4.92. The van der Waals surface area contributed by atoms with Crippen LogP contribution >= 0.6 is 0 Å². The normalized spacial score (nSPS) is 15.8. The van der Waals surface area contributed by atoms with Gasteiger partial charge < -0.3 is 23.7 Å². The Hall–Kier alpha value is -3.19. The van der Waals surface area contributed by atoms with Gasteiger partial charge in [0.05, 0.1) is 40.2 Å². The molecular formula is C23H26N2O5. The van der Waals surface area contributed by atoms with Crippen LogP contribution in [0.1, 0.15) is 18.4 Å². The van der Waals surface area contributed by atoms with Crippen LogP contribution in [-0.4, -0.2) is 44.0 Å². The van der Waals surface area contributed by atoms with E-state index in [0.717, 1.165) is 47.8 Å². The number of aromatic nitrogens is 2. The Labute approximate surface area is 176 Å². The summed E-state index contributed by atoms with van der Waals surface area (Å²) in [5.41, 5.74) is 2.98. The van der Waals surface area contributed by atoms with E-state index in [1.807, 2.05) is 47.1 Å². The van der Waals surface area contributed by atoms with Gasteiger partial charge in [-0.05, 0) is 48.4 Å². The maximum atomic E-state index is 6.04. The van der Waals surface area contributed by atoms with Gasteiger partial charge in [-0.2, -0.15) is 5.10 Å². The van der Waals surface area contributed by atoms with Crippen molar-refractivity contribution in [2.75, 3.05) is 27.9 Å². The van der Waals surface area contributed by atoms with Crippen LogP contribution in [0.25, 0.3) is 11.3 Å². The van der Waals surface area contributed by atoms with Crippen molar-refractivity contribution in [3.8, 4) is 34.3 Å². The van der Waals surface area contributed by atoms with E-state index < -0.39 is 0 Å². The highest BCUT2D eigenvalue weighted by atomic mass is 16.7. The lowest BCUT2D eigenvalue weighted by Gasteiger charge is -2.17. The highest BCUT2D eigenvalue weighted by Crippen LogP contribution is 2.34. The molecule has 0 bridgehead atoms. The van der Waals surface area contributed by atoms with Crippen LogP contribution in [0.5, 0.6) is 23.0 Å². The maximum Gasteiger partial charge on any atom is 0.200 e. The summed E-state index contributed by atoms with van der Waals surface area (Å²) < 4.78 is 29.8. The fourth-order valence-electron chi connectivity index (χ4n) is 3.55. The summed E-state index contributed by atoms with van der Waals surface area (Å²) >= 11 is 0. The minimum absolute atomic E-state index is 0.233. The van der Waals surface area contributed by atoms with E-state index in [0.29, 0.717) is 18.0 Å². The number of hydrogen-bond donors (Lipinski definition) is 0. The first-order chi connectivity index (χ1) is 14.7. The van der Waals surface area contributed by atoms with Gasteiger partial charge >= 0.3 is 0 Å². The SMILES string of the molecule is COc1cc(Cn2nccc2-c2ccc(OC)c(OC3CCCO3)c2)cc(OC)c1. The first-order valence-electron chi connectivity index (χ1n) is 9.90. The number of nitrogens with zero attached hydrogens (tertiary/aromatic N) is 2. The summed E-state index contributed by atoms with van der Waals surface area (Å²) in [4.78, 5) is 0. The van der Waals surface area contributed by atoms with Crippen molar-refractivity contribution >= 4 is 0 Å². The molecule has 2 aromatic carbocycles. The Bertz CT molecular complexity index is 973. The quantitative estimate of drug-likeness (QED) is 0.556. The van der Waals surface area contributed by atoms with Crippen molar-refractivity contribution in [1.29, 1.82) is 0 Å². The average Bonchev–Trinajstić information content (AvgIpc) is 3.45. The molecule has 7 heteroatoms. The fraction of sp³-hybridized carbons (Fsp3) is 0.348. The lowest BCUT2D eigenvalue weighted by molar-refractivity contribution is -0.0402. The molecule has 0 radical (unpaired) electrons. The van der Waals surface area contributed by atoms with Gasteiger partial charge in [0.25, 0.3) is 0 Å². The summed E-state index contributed by atoms with van der Waals surface area (Å²) in [6.45, 7) is 1.30. The molecule has 0 amide bonds. The largest absolute Gasteiger partial charge is 0.497 e. The molecule has 3 aromatic rings. The molecule has 4 rings (SSSR count). The highest BCUT2D eigenvalue weighted by Gasteiger charge is 2.20. The molecule has 0 saturated carbocycles. The van der Waals surface area contributed by atoms with E-state index in [4.69, 9.17) is 23.7 Å². The maximum absolute atomic E-state index is 6.04. The van der Waals surface area contributed by atoms with E-state index in [-0.39, 0.29) is 6.29 Å². The summed E-state index contributed by atoms with van der Waals surface area (Å²) in [5.74, 6) is 2.83. The van der Waals surface area contributed by atoms with Crippen molar-refractivity contribution in [3.63, 3.8) is 0 Å². The van der Waals surface area contributed by atoms with E-state index >= 15 is 0 Å². The molecule has 0 spiro atoms. The Kier molecular flexibility index (Phi) is 6.09. The molecule has 1 aliphatic heterocycles. The summed E-state index contributed by atoms with van der Waals surface area (Å²) in [6.07, 6.45) is 3.44. The second kappa shape index (κ2) is 9.09. The van der Waals surface area contributed by atoms with Gasteiger partial charge in [-0.25, -0.2) is 0 Å². The smallest absolute Gasteiger partial charge is 0.200 e. The third-order valence-electron chi connectivity index (χ3n) is 5.07. The zero-order valence-electron chi connectivity index (χ0n) is 17.5. The van der Waals surface area contributed by atoms with Crippen LogP contribution in [0.4, 0.5) is 0 Å². The van der Waals surface area contributed by atoms with Crippen molar-refractivity contribution in [3.05, 3.63) is 54.2 Å². The predicted molar refractivity (Wildman–Crippen MR) is 112 cm³/mol. The number of ether oxygens (including phenoxy) is 5. The van der Waals surface area contributed by atoms with Gasteiger partial charge in [0.1, 0.15) is 11.5 Å². The zero-order chi connectivity index (χ0) is 20.9. The Morgan fingerprint density at radius 3 is 2.43 bits per heavy atom. The molecule has 1 aliphatic rings. The molecule has 0 N–H and O–H groups in total. The van der Waals surface area contributed by atoms with E-state index in [1.54, 1.807) is 27.5 Å². The molecular weight excluding hydrogens is 384 g/mol. The zero-order valence-corrected chi connectivity index (χ0v) is 17.5. The topological polar surface area (TPSA) is 64.0 Å². The van der Waals surface area contributed by atoms with Crippen LogP contribution in [-0.2, 0) is 11.3 Å². The lowest BCUT2D eigenvalue weighted by atomic mass is 10.1. The number of benzene rings is 2. The molecule has 7 nitrogen and oxygen atoms in total. The lowest BCUT2D eigenvalue weighted by Crippen LogP contribution is -2.14. The first kappa shape index (κ1) is 20.1. The Morgan fingerprint density at radius 1 is 0.967 bits per heavy atom. The molecule has 2 heterocycles. The second-order valence-corrected chi connectivity index (χ2v) is 7.02. The number of methoxy groups -OCH3 is 3. The van der Waals surface area contributed by atoms with Gasteiger partial charge in [0, 0.05) is 24.2 Å². The minimum Gasteiger partial charge on any atom is -0.497 e. The molecule has 30 heavy (non-hydrogen) atoms. The Balaban J connectivity index is 1.62. The molecule has 158 valence electrons. The van der Waals surface area contributed by atoms with Gasteiger partial charge in [0.2, 0.25) is 0 Å². The summed E-state index contributed by atoms with van der Waals surface area (Å²) in [6, 6.07) is 13.7. The average molecular weight is 410 g/mol. The van der Waals surface area contributed by atoms with Crippen molar-refractivity contribution < 1.29 is 23.7 Å². The van der Waals surface area contributed by atoms with E-state index in [1.165, 1.54) is 0 Å². The second-order valence-electron chi connectivity index (χ2n) is 7.02. The highest BCUT2D eigenvalue weighted by molar-refractivity contribution is 5.64. The predicted octanol–water partition coefficient (Wildman–Crippen LogP) is 4.14. The summed E-state index contributed by atoms with van der Waals surface area (Å²) in [5, 5.41) is 4.51. The van der Waals surface area contributed by atoms with Crippen LogP contribution in [0, 0.1) is 0 Å². The monoisotopic (exact) mass is 410 g/mol. The van der Waals surface area contributed by atoms with Crippen molar-refractivity contribution in [1.82, 2.24) is 9.78 Å². The van der Waals surface area contributed by atoms with Gasteiger partial charge in [-0.15, -0.1) is 0 Å². The van der Waals surface area contributed by atoms with Crippen LogP contribution in [0.3, 0.4) is 0 Å². The van der Waals surface area contributed by atoms with Crippen LogP contribution in [0.2, 0.25) is 0 Å². The molecule has 1 saturated heterocycles. The minimum atomic E-state index is -0.233. The van der Waals surface area contributed by atoms with Gasteiger partial charge in [-0.1, -0.05) is 0 Å². The molecule has 0 aliphatic carbocycles. The fourth-order valence-corrected chi connectivity index (χ4v) is 3.55. The van der Waals surface area contributed by atoms with Crippen LogP contribution in [0.15, 0.2) is 48.7 Å². The standard InChI is InChI=1S/C23H26N2O5/c1-26-18-11-16(12-19(14-18)27-2)15-25-20(8-9-24-25)17-6-7-21(28-3)22(13-17)30-23-5-4-10-29-23/h6-9,11-14,23H,4-5,10,15H2,1-3H3.